The van der Waals surface area contributed by atoms with Crippen molar-refractivity contribution in [3.8, 4) is 5.75 Å². The molecule has 0 aromatic heterocycles. The number of carbonyl (C=O) groups excluding carboxylic acids is 2. The Kier molecular flexibility index (Phi) is 11.4. The minimum atomic E-state index is -3.54. The summed E-state index contributed by atoms with van der Waals surface area (Å²) in [6.45, 7) is 8.59. The predicted octanol–water partition coefficient (Wildman–Crippen LogP) is 4.19. The first-order chi connectivity index (χ1) is 17.5. The lowest BCUT2D eigenvalue weighted by atomic mass is 10.1. The van der Waals surface area contributed by atoms with E-state index in [0.717, 1.165) is 29.5 Å². The molecule has 8 nitrogen and oxygen atoms in total. The molecule has 37 heavy (non-hydrogen) atoms. The Hall–Kier alpha value is -3.07. The van der Waals surface area contributed by atoms with Crippen LogP contribution in [0.5, 0.6) is 5.75 Å². The zero-order valence-electron chi connectivity index (χ0n) is 22.9. The first kappa shape index (κ1) is 30.2. The van der Waals surface area contributed by atoms with E-state index >= 15 is 0 Å². The van der Waals surface area contributed by atoms with E-state index in [1.807, 2.05) is 57.2 Å². The number of unbranched alkanes of at least 4 members (excludes halogenated alkanes) is 1. The highest BCUT2D eigenvalue weighted by atomic mass is 32.2. The van der Waals surface area contributed by atoms with Crippen LogP contribution in [-0.2, 0) is 26.2 Å². The number of anilines is 1. The quantitative estimate of drug-likeness (QED) is 0.369. The van der Waals surface area contributed by atoms with Crippen LogP contribution in [0.25, 0.3) is 0 Å². The fourth-order valence-corrected chi connectivity index (χ4v) is 5.05. The number of benzene rings is 2. The van der Waals surface area contributed by atoms with Gasteiger partial charge in [-0.25, -0.2) is 8.42 Å². The van der Waals surface area contributed by atoms with Crippen LogP contribution in [0.2, 0.25) is 0 Å². The molecule has 2 aromatic carbocycles. The minimum Gasteiger partial charge on any atom is -0.497 e. The number of carbonyl (C=O) groups is 2. The maximum atomic E-state index is 13.4. The van der Waals surface area contributed by atoms with Gasteiger partial charge >= 0.3 is 0 Å². The predicted molar refractivity (Wildman–Crippen MR) is 148 cm³/mol. The van der Waals surface area contributed by atoms with E-state index in [4.69, 9.17) is 4.74 Å². The molecule has 0 aliphatic rings. The van der Waals surface area contributed by atoms with Crippen LogP contribution in [0.1, 0.15) is 56.2 Å². The number of methoxy groups -OCH3 is 1. The highest BCUT2D eigenvalue weighted by molar-refractivity contribution is 7.92. The molecule has 1 N–H and O–H groups in total. The third-order valence-electron chi connectivity index (χ3n) is 6.51. The number of hydrogen-bond donors (Lipinski definition) is 1. The first-order valence-electron chi connectivity index (χ1n) is 12.7. The first-order valence-corrected chi connectivity index (χ1v) is 14.6. The van der Waals surface area contributed by atoms with Crippen molar-refractivity contribution in [1.29, 1.82) is 0 Å². The zero-order chi connectivity index (χ0) is 27.6. The van der Waals surface area contributed by atoms with Gasteiger partial charge in [-0.2, -0.15) is 0 Å². The monoisotopic (exact) mass is 531 g/mol. The van der Waals surface area contributed by atoms with Crippen molar-refractivity contribution in [2.24, 2.45) is 0 Å². The number of nitrogens with one attached hydrogen (secondary N) is 1. The zero-order valence-corrected chi connectivity index (χ0v) is 23.7. The summed E-state index contributed by atoms with van der Waals surface area (Å²) in [7, 11) is -1.95. The second kappa shape index (κ2) is 14.0. The minimum absolute atomic E-state index is 0.111. The number of amides is 2. The third kappa shape index (κ3) is 8.77. The molecule has 2 rings (SSSR count). The van der Waals surface area contributed by atoms with E-state index in [2.05, 4.69) is 5.32 Å². The summed E-state index contributed by atoms with van der Waals surface area (Å²) in [5.74, 6) is 0.297. The van der Waals surface area contributed by atoms with E-state index < -0.39 is 16.1 Å². The lowest BCUT2D eigenvalue weighted by Crippen LogP contribution is -2.48. The summed E-state index contributed by atoms with van der Waals surface area (Å²) in [6.07, 6.45) is 3.43. The molecular formula is C28H41N3O5S. The lowest BCUT2D eigenvalue weighted by Gasteiger charge is -2.30. The average molecular weight is 532 g/mol. The molecular weight excluding hydrogens is 490 g/mol. The van der Waals surface area contributed by atoms with Gasteiger partial charge in [-0.05, 0) is 68.5 Å². The molecule has 9 heteroatoms. The molecule has 2 amide bonds. The Morgan fingerprint density at radius 1 is 1.05 bits per heavy atom. The van der Waals surface area contributed by atoms with Gasteiger partial charge in [0.15, 0.2) is 0 Å². The average Bonchev–Trinajstić information content (AvgIpc) is 2.86. The van der Waals surface area contributed by atoms with Gasteiger partial charge in [-0.3, -0.25) is 13.9 Å². The van der Waals surface area contributed by atoms with Crippen LogP contribution in [0, 0.1) is 13.8 Å². The molecule has 0 saturated carbocycles. The van der Waals surface area contributed by atoms with Crippen LogP contribution in [0.15, 0.2) is 42.5 Å². The molecule has 0 saturated heterocycles. The number of ether oxygens (including phenoxy) is 1. The highest BCUT2D eigenvalue weighted by Crippen LogP contribution is 2.25. The Morgan fingerprint density at radius 2 is 1.73 bits per heavy atom. The van der Waals surface area contributed by atoms with E-state index in [-0.39, 0.29) is 31.3 Å². The van der Waals surface area contributed by atoms with Gasteiger partial charge in [-0.15, -0.1) is 0 Å². The number of hydrogen-bond acceptors (Lipinski definition) is 5. The van der Waals surface area contributed by atoms with Crippen molar-refractivity contribution < 1.29 is 22.7 Å². The standard InChI is InChI=1S/C28H41N3O5S/c1-7-8-18-29-28(33)23(4)30(20-24-14-16-25(36-5)17-15-24)27(32)13-10-19-31(37(6,34)35)26-12-9-11-21(2)22(26)3/h9,11-12,14-17,23H,7-8,10,13,18-20H2,1-6H3,(H,29,33)/t23-/m1/s1. The van der Waals surface area contributed by atoms with Crippen molar-refractivity contribution in [3.05, 3.63) is 59.2 Å². The maximum Gasteiger partial charge on any atom is 0.242 e. The molecule has 0 fully saturated rings. The Labute approximate surface area is 222 Å². The smallest absolute Gasteiger partial charge is 0.242 e. The van der Waals surface area contributed by atoms with Crippen molar-refractivity contribution >= 4 is 27.5 Å². The summed E-state index contributed by atoms with van der Waals surface area (Å²) >= 11 is 0. The molecule has 0 unspecified atom stereocenters. The highest BCUT2D eigenvalue weighted by Gasteiger charge is 2.27. The molecule has 0 heterocycles. The third-order valence-corrected chi connectivity index (χ3v) is 7.69. The van der Waals surface area contributed by atoms with Gasteiger partial charge < -0.3 is 15.0 Å². The fraction of sp³-hybridized carbons (Fsp3) is 0.500. The number of nitrogens with zero attached hydrogens (tertiary/aromatic N) is 2. The van der Waals surface area contributed by atoms with E-state index in [9.17, 15) is 18.0 Å². The van der Waals surface area contributed by atoms with Gasteiger partial charge in [0.1, 0.15) is 11.8 Å². The van der Waals surface area contributed by atoms with Crippen molar-refractivity contribution in [2.45, 2.75) is 66.0 Å². The molecule has 1 atom stereocenters. The largest absolute Gasteiger partial charge is 0.497 e. The number of sulfonamides is 1. The second-order valence-electron chi connectivity index (χ2n) is 9.35. The van der Waals surface area contributed by atoms with Gasteiger partial charge in [0.2, 0.25) is 21.8 Å². The van der Waals surface area contributed by atoms with Crippen molar-refractivity contribution in [2.75, 3.05) is 30.8 Å². The molecule has 204 valence electrons. The SMILES string of the molecule is CCCCNC(=O)[C@@H](C)N(Cc1ccc(OC)cc1)C(=O)CCCN(c1cccc(C)c1C)S(C)(=O)=O. The maximum absolute atomic E-state index is 13.4. The van der Waals surface area contributed by atoms with Gasteiger partial charge in [-0.1, -0.05) is 37.6 Å². The molecule has 0 aliphatic carbocycles. The number of rotatable bonds is 14. The van der Waals surface area contributed by atoms with E-state index in [1.54, 1.807) is 25.0 Å². The van der Waals surface area contributed by atoms with Crippen LogP contribution >= 0.6 is 0 Å². The van der Waals surface area contributed by atoms with Gasteiger partial charge in [0.25, 0.3) is 0 Å². The van der Waals surface area contributed by atoms with Crippen LogP contribution in [0.3, 0.4) is 0 Å². The molecule has 2 aromatic rings. The van der Waals surface area contributed by atoms with Crippen molar-refractivity contribution in [1.82, 2.24) is 10.2 Å². The Bertz CT molecular complexity index is 1150. The summed E-state index contributed by atoms with van der Waals surface area (Å²) in [6, 6.07) is 12.2. The van der Waals surface area contributed by atoms with Crippen LogP contribution in [0.4, 0.5) is 5.69 Å². The topological polar surface area (TPSA) is 96.0 Å². The Balaban J connectivity index is 2.18. The summed E-state index contributed by atoms with van der Waals surface area (Å²) < 4.78 is 31.8. The molecule has 0 bridgehead atoms. The lowest BCUT2D eigenvalue weighted by molar-refractivity contribution is -0.140. The van der Waals surface area contributed by atoms with Crippen molar-refractivity contribution in [3.63, 3.8) is 0 Å². The van der Waals surface area contributed by atoms with Crippen LogP contribution in [-0.4, -0.2) is 57.6 Å². The second-order valence-corrected chi connectivity index (χ2v) is 11.3. The molecule has 0 spiro atoms. The number of aryl methyl sites for hydroxylation is 1. The van der Waals surface area contributed by atoms with E-state index in [0.29, 0.717) is 24.4 Å². The van der Waals surface area contributed by atoms with Gasteiger partial charge in [0, 0.05) is 26.1 Å². The summed E-state index contributed by atoms with van der Waals surface area (Å²) in [5.41, 5.74) is 3.37. The molecule has 0 radical (unpaired) electrons. The van der Waals surface area contributed by atoms with E-state index in [1.165, 1.54) is 10.6 Å². The summed E-state index contributed by atoms with van der Waals surface area (Å²) in [4.78, 5) is 27.8. The fourth-order valence-electron chi connectivity index (χ4n) is 4.03. The van der Waals surface area contributed by atoms with Gasteiger partial charge in [0.05, 0.1) is 19.1 Å². The summed E-state index contributed by atoms with van der Waals surface area (Å²) in [5, 5.41) is 2.91. The Morgan fingerprint density at radius 3 is 2.32 bits per heavy atom. The normalized spacial score (nSPS) is 12.1. The van der Waals surface area contributed by atoms with Crippen LogP contribution < -0.4 is 14.4 Å². The molecule has 0 aliphatic heterocycles.